The van der Waals surface area contributed by atoms with E-state index >= 15 is 0 Å². The van der Waals surface area contributed by atoms with Crippen molar-refractivity contribution in [1.29, 1.82) is 0 Å². The van der Waals surface area contributed by atoms with Gasteiger partial charge in [-0.05, 0) is 23.8 Å². The largest absolute Gasteiger partial charge is 0.508 e. The number of phenolic OH excluding ortho intramolecular Hbond substituents is 1. The first-order chi connectivity index (χ1) is 10.2. The zero-order valence-corrected chi connectivity index (χ0v) is 11.5. The molecule has 0 aromatic heterocycles. The summed E-state index contributed by atoms with van der Waals surface area (Å²) in [6.07, 6.45) is -0.214. The highest BCUT2D eigenvalue weighted by atomic mass is 16.5. The number of nitrogens with one attached hydrogen (secondary N) is 1. The molecule has 0 radical (unpaired) electrons. The van der Waals surface area contributed by atoms with Gasteiger partial charge in [0.15, 0.2) is 6.10 Å². The molecule has 0 bridgehead atoms. The average Bonchev–Trinajstić information content (AvgIpc) is 2.49. The third-order valence-corrected chi connectivity index (χ3v) is 3.38. The molecule has 2 N–H and O–H groups in total. The molecule has 1 amide bonds. The zero-order chi connectivity index (χ0) is 14.8. The second-order valence-corrected chi connectivity index (χ2v) is 4.79. The summed E-state index contributed by atoms with van der Waals surface area (Å²) in [6.45, 7) is 0. The Morgan fingerprint density at radius 2 is 2.10 bits per heavy atom. The maximum atomic E-state index is 12.1. The van der Waals surface area contributed by atoms with Gasteiger partial charge < -0.3 is 19.9 Å². The molecule has 3 rings (SSSR count). The third-order valence-electron chi connectivity index (χ3n) is 3.38. The first-order valence-corrected chi connectivity index (χ1v) is 6.60. The minimum Gasteiger partial charge on any atom is -0.508 e. The van der Waals surface area contributed by atoms with Gasteiger partial charge in [-0.1, -0.05) is 18.2 Å². The van der Waals surface area contributed by atoms with Gasteiger partial charge in [-0.3, -0.25) is 4.79 Å². The van der Waals surface area contributed by atoms with E-state index in [0.717, 1.165) is 11.3 Å². The summed E-state index contributed by atoms with van der Waals surface area (Å²) in [5, 5.41) is 12.2. The lowest BCUT2D eigenvalue weighted by Crippen LogP contribution is -2.38. The number of ether oxygens (including phenoxy) is 2. The van der Waals surface area contributed by atoms with E-state index in [1.807, 2.05) is 24.3 Å². The Kier molecular flexibility index (Phi) is 3.39. The Morgan fingerprint density at radius 3 is 2.90 bits per heavy atom. The summed E-state index contributed by atoms with van der Waals surface area (Å²) in [7, 11) is 1.60. The Morgan fingerprint density at radius 1 is 1.29 bits per heavy atom. The number of carbonyl (C=O) groups is 1. The predicted molar refractivity (Wildman–Crippen MR) is 77.9 cm³/mol. The molecule has 2 aromatic rings. The SMILES string of the molecule is COc1ccccc1CC1Oc2ccc(O)cc2NC1=O. The molecular weight excluding hydrogens is 270 g/mol. The van der Waals surface area contributed by atoms with Crippen LogP contribution in [-0.2, 0) is 11.2 Å². The molecule has 5 nitrogen and oxygen atoms in total. The first kappa shape index (κ1) is 13.3. The summed E-state index contributed by atoms with van der Waals surface area (Å²) >= 11 is 0. The van der Waals surface area contributed by atoms with E-state index in [9.17, 15) is 9.90 Å². The molecule has 0 spiro atoms. The van der Waals surface area contributed by atoms with E-state index in [2.05, 4.69) is 5.32 Å². The maximum absolute atomic E-state index is 12.1. The fraction of sp³-hybridized carbons (Fsp3) is 0.188. The number of carbonyl (C=O) groups excluding carboxylic acids is 1. The van der Waals surface area contributed by atoms with Gasteiger partial charge in [-0.2, -0.15) is 0 Å². The highest BCUT2D eigenvalue weighted by Crippen LogP contribution is 2.33. The van der Waals surface area contributed by atoms with Crippen molar-refractivity contribution >= 4 is 11.6 Å². The van der Waals surface area contributed by atoms with Crippen molar-refractivity contribution in [2.24, 2.45) is 0 Å². The lowest BCUT2D eigenvalue weighted by atomic mass is 10.0. The summed E-state index contributed by atoms with van der Waals surface area (Å²) in [5.41, 5.74) is 1.39. The van der Waals surface area contributed by atoms with E-state index < -0.39 is 6.10 Å². The summed E-state index contributed by atoms with van der Waals surface area (Å²) < 4.78 is 11.0. The third kappa shape index (κ3) is 2.63. The van der Waals surface area contributed by atoms with Crippen molar-refractivity contribution in [1.82, 2.24) is 0 Å². The van der Waals surface area contributed by atoms with Crippen LogP contribution in [0.15, 0.2) is 42.5 Å². The van der Waals surface area contributed by atoms with Crippen molar-refractivity contribution < 1.29 is 19.4 Å². The topological polar surface area (TPSA) is 67.8 Å². The van der Waals surface area contributed by atoms with E-state index in [1.54, 1.807) is 13.2 Å². The van der Waals surface area contributed by atoms with Gasteiger partial charge in [0.05, 0.1) is 12.8 Å². The van der Waals surface area contributed by atoms with Crippen LogP contribution in [0.1, 0.15) is 5.56 Å². The van der Waals surface area contributed by atoms with Crippen LogP contribution >= 0.6 is 0 Å². The maximum Gasteiger partial charge on any atom is 0.265 e. The minimum atomic E-state index is -0.627. The van der Waals surface area contributed by atoms with Gasteiger partial charge in [0.2, 0.25) is 0 Å². The van der Waals surface area contributed by atoms with E-state index in [1.165, 1.54) is 12.1 Å². The number of rotatable bonds is 3. The van der Waals surface area contributed by atoms with Crippen LogP contribution in [-0.4, -0.2) is 24.2 Å². The number of hydrogen-bond acceptors (Lipinski definition) is 4. The average molecular weight is 285 g/mol. The lowest BCUT2D eigenvalue weighted by molar-refractivity contribution is -0.123. The van der Waals surface area contributed by atoms with Crippen LogP contribution in [0.25, 0.3) is 0 Å². The van der Waals surface area contributed by atoms with Crippen LogP contribution in [0.2, 0.25) is 0 Å². The Balaban J connectivity index is 1.84. The molecule has 2 aromatic carbocycles. The number of amides is 1. The fourth-order valence-electron chi connectivity index (χ4n) is 2.34. The molecule has 0 aliphatic carbocycles. The van der Waals surface area contributed by atoms with Crippen LogP contribution < -0.4 is 14.8 Å². The monoisotopic (exact) mass is 285 g/mol. The Bertz CT molecular complexity index is 684. The second kappa shape index (κ2) is 5.36. The van der Waals surface area contributed by atoms with Crippen LogP contribution in [0.3, 0.4) is 0 Å². The summed E-state index contributed by atoms with van der Waals surface area (Å²) in [5.74, 6) is 1.12. The van der Waals surface area contributed by atoms with E-state index in [4.69, 9.17) is 9.47 Å². The number of phenols is 1. The van der Waals surface area contributed by atoms with Crippen LogP contribution in [0.4, 0.5) is 5.69 Å². The van der Waals surface area contributed by atoms with Crippen molar-refractivity contribution in [2.75, 3.05) is 12.4 Å². The molecule has 0 saturated carbocycles. The number of methoxy groups -OCH3 is 1. The number of anilines is 1. The zero-order valence-electron chi connectivity index (χ0n) is 11.5. The Hall–Kier alpha value is -2.69. The number of fused-ring (bicyclic) bond motifs is 1. The van der Waals surface area contributed by atoms with Gasteiger partial charge in [-0.25, -0.2) is 0 Å². The normalized spacial score (nSPS) is 16.6. The lowest BCUT2D eigenvalue weighted by Gasteiger charge is -2.26. The van der Waals surface area contributed by atoms with Crippen LogP contribution in [0, 0.1) is 0 Å². The van der Waals surface area contributed by atoms with Gasteiger partial charge >= 0.3 is 0 Å². The fourth-order valence-corrected chi connectivity index (χ4v) is 2.34. The smallest absolute Gasteiger partial charge is 0.265 e. The van der Waals surface area contributed by atoms with Gasteiger partial charge in [0.25, 0.3) is 5.91 Å². The van der Waals surface area contributed by atoms with E-state index in [-0.39, 0.29) is 11.7 Å². The highest BCUT2D eigenvalue weighted by molar-refractivity contribution is 5.98. The molecule has 108 valence electrons. The molecule has 0 fully saturated rings. The van der Waals surface area contributed by atoms with Gasteiger partial charge in [-0.15, -0.1) is 0 Å². The Labute approximate surface area is 122 Å². The molecule has 1 aliphatic rings. The van der Waals surface area contributed by atoms with Crippen molar-refractivity contribution in [3.8, 4) is 17.2 Å². The minimum absolute atomic E-state index is 0.0841. The van der Waals surface area contributed by atoms with Crippen molar-refractivity contribution in [3.05, 3.63) is 48.0 Å². The number of hydrogen-bond donors (Lipinski definition) is 2. The first-order valence-electron chi connectivity index (χ1n) is 6.60. The van der Waals surface area contributed by atoms with Crippen molar-refractivity contribution in [2.45, 2.75) is 12.5 Å². The number of aromatic hydroxyl groups is 1. The molecule has 1 atom stereocenters. The van der Waals surface area contributed by atoms with Crippen LogP contribution in [0.5, 0.6) is 17.2 Å². The second-order valence-electron chi connectivity index (χ2n) is 4.79. The number of para-hydroxylation sites is 1. The molecule has 1 unspecified atom stereocenters. The summed E-state index contributed by atoms with van der Waals surface area (Å²) in [6, 6.07) is 12.2. The summed E-state index contributed by atoms with van der Waals surface area (Å²) in [4.78, 5) is 12.1. The molecular formula is C16H15NO4. The molecule has 0 saturated heterocycles. The van der Waals surface area contributed by atoms with Crippen molar-refractivity contribution in [3.63, 3.8) is 0 Å². The molecule has 1 heterocycles. The quantitative estimate of drug-likeness (QED) is 0.908. The molecule has 5 heteroatoms. The number of benzene rings is 2. The highest BCUT2D eigenvalue weighted by Gasteiger charge is 2.28. The standard InChI is InChI=1S/C16H15NO4/c1-20-13-5-3-2-4-10(13)8-15-16(19)17-12-9-11(18)6-7-14(12)21-15/h2-7,9,15,18H,8H2,1H3,(H,17,19). The van der Waals surface area contributed by atoms with Gasteiger partial charge in [0.1, 0.15) is 17.2 Å². The van der Waals surface area contributed by atoms with Gasteiger partial charge in [0, 0.05) is 12.5 Å². The predicted octanol–water partition coefficient (Wildman–Crippen LogP) is 2.34. The molecule has 1 aliphatic heterocycles. The molecule has 21 heavy (non-hydrogen) atoms. The van der Waals surface area contributed by atoms with E-state index in [0.29, 0.717) is 17.9 Å².